The smallest absolute Gasteiger partial charge is 0.0279 e. The van der Waals surface area contributed by atoms with E-state index in [0.29, 0.717) is 12.0 Å². The molecule has 1 N–H and O–H groups in total. The molecule has 3 nitrogen and oxygen atoms in total. The zero-order valence-electron chi connectivity index (χ0n) is 22.4. The number of nitrogens with one attached hydrogen (secondary N) is 1. The van der Waals surface area contributed by atoms with Gasteiger partial charge in [0.25, 0.3) is 0 Å². The van der Waals surface area contributed by atoms with Crippen molar-refractivity contribution in [3.8, 4) is 0 Å². The van der Waals surface area contributed by atoms with Crippen molar-refractivity contribution >= 4 is 6.08 Å². The molecule has 0 amide bonds. The molecular weight excluding hydrogens is 426 g/mol. The van der Waals surface area contributed by atoms with Gasteiger partial charge in [-0.05, 0) is 99.0 Å². The van der Waals surface area contributed by atoms with E-state index in [9.17, 15) is 0 Å². The van der Waals surface area contributed by atoms with E-state index in [0.717, 1.165) is 44.7 Å². The third-order valence-corrected chi connectivity index (χ3v) is 7.83. The highest BCUT2D eigenvalue weighted by molar-refractivity contribution is 5.53. The minimum Gasteiger partial charge on any atom is -0.392 e. The fourth-order valence-corrected chi connectivity index (χ4v) is 5.31. The molecule has 0 spiro atoms. The van der Waals surface area contributed by atoms with Crippen LogP contribution in [0.2, 0.25) is 0 Å². The van der Waals surface area contributed by atoms with Crippen molar-refractivity contribution in [1.29, 1.82) is 0 Å². The molecule has 0 aromatic heterocycles. The average Bonchev–Trinajstić information content (AvgIpc) is 2.87. The summed E-state index contributed by atoms with van der Waals surface area (Å²) in [5.74, 6) is 0.626. The van der Waals surface area contributed by atoms with Crippen LogP contribution in [0.3, 0.4) is 0 Å². The largest absolute Gasteiger partial charge is 0.392 e. The van der Waals surface area contributed by atoms with Crippen molar-refractivity contribution in [3.05, 3.63) is 101 Å². The summed E-state index contributed by atoms with van der Waals surface area (Å²) in [5, 5.41) is 3.15. The van der Waals surface area contributed by atoms with Gasteiger partial charge in [-0.3, -0.25) is 9.80 Å². The van der Waals surface area contributed by atoms with Crippen molar-refractivity contribution in [2.45, 2.75) is 64.6 Å². The maximum Gasteiger partial charge on any atom is 0.0279 e. The number of hydrogen-bond donors (Lipinski definition) is 1. The summed E-state index contributed by atoms with van der Waals surface area (Å²) in [6, 6.07) is 14.0. The van der Waals surface area contributed by atoms with Crippen molar-refractivity contribution in [2.75, 3.05) is 27.2 Å². The molecule has 1 saturated heterocycles. The maximum atomic E-state index is 4.09. The van der Waals surface area contributed by atoms with Crippen LogP contribution < -0.4 is 5.32 Å². The zero-order valence-corrected chi connectivity index (χ0v) is 22.4. The average molecular weight is 472 g/mol. The van der Waals surface area contributed by atoms with Crippen LogP contribution in [0.15, 0.2) is 67.9 Å². The van der Waals surface area contributed by atoms with Crippen LogP contribution in [0.5, 0.6) is 0 Å². The minimum atomic E-state index is 0.314. The van der Waals surface area contributed by atoms with Crippen LogP contribution in [0.1, 0.15) is 65.0 Å². The lowest BCUT2D eigenvalue weighted by molar-refractivity contribution is 0.204. The van der Waals surface area contributed by atoms with Gasteiger partial charge in [0.15, 0.2) is 0 Å². The van der Waals surface area contributed by atoms with Gasteiger partial charge in [-0.2, -0.15) is 0 Å². The van der Waals surface area contributed by atoms with E-state index in [-0.39, 0.29) is 0 Å². The lowest BCUT2D eigenvalue weighted by Crippen LogP contribution is -2.33. The Hall–Kier alpha value is -2.62. The lowest BCUT2D eigenvalue weighted by Gasteiger charge is -2.33. The van der Waals surface area contributed by atoms with Crippen LogP contribution in [0, 0.1) is 13.8 Å². The number of rotatable bonds is 12. The number of benzene rings is 2. The number of hydrogen-bond acceptors (Lipinski definition) is 3. The number of likely N-dealkylation sites (N-methyl/N-ethyl adjacent to an activating group) is 1. The minimum absolute atomic E-state index is 0.314. The van der Waals surface area contributed by atoms with Crippen LogP contribution in [-0.4, -0.2) is 43.0 Å². The Labute approximate surface area is 214 Å². The van der Waals surface area contributed by atoms with Crippen molar-refractivity contribution in [1.82, 2.24) is 15.1 Å². The van der Waals surface area contributed by atoms with E-state index in [1.807, 2.05) is 13.1 Å². The molecule has 2 aromatic rings. The molecule has 1 fully saturated rings. The van der Waals surface area contributed by atoms with E-state index in [2.05, 4.69) is 98.2 Å². The van der Waals surface area contributed by atoms with Gasteiger partial charge in [-0.25, -0.2) is 0 Å². The fourth-order valence-electron chi connectivity index (χ4n) is 5.31. The van der Waals surface area contributed by atoms with E-state index >= 15 is 0 Å². The number of nitrogens with zero attached hydrogens (tertiary/aromatic N) is 2. The van der Waals surface area contributed by atoms with E-state index < -0.39 is 0 Å². The summed E-state index contributed by atoms with van der Waals surface area (Å²) >= 11 is 0. The molecule has 1 unspecified atom stereocenters. The van der Waals surface area contributed by atoms with E-state index in [4.69, 9.17) is 0 Å². The van der Waals surface area contributed by atoms with Gasteiger partial charge in [-0.15, -0.1) is 6.58 Å². The molecule has 0 aliphatic carbocycles. The molecule has 1 heterocycles. The molecule has 3 heteroatoms. The highest BCUT2D eigenvalue weighted by atomic mass is 15.1. The topological polar surface area (TPSA) is 18.5 Å². The first kappa shape index (κ1) is 27.0. The quantitative estimate of drug-likeness (QED) is 0.342. The normalized spacial score (nSPS) is 15.7. The molecule has 0 saturated carbocycles. The van der Waals surface area contributed by atoms with Crippen LogP contribution in [-0.2, 0) is 13.1 Å². The molecule has 3 rings (SSSR count). The highest BCUT2D eigenvalue weighted by Crippen LogP contribution is 2.31. The molecule has 0 radical (unpaired) electrons. The predicted molar refractivity (Wildman–Crippen MR) is 153 cm³/mol. The van der Waals surface area contributed by atoms with E-state index in [1.54, 1.807) is 0 Å². The predicted octanol–water partition coefficient (Wildman–Crippen LogP) is 6.83. The third kappa shape index (κ3) is 7.19. The Morgan fingerprint density at radius 1 is 1.14 bits per heavy atom. The van der Waals surface area contributed by atoms with Gasteiger partial charge in [0.2, 0.25) is 0 Å². The Kier molecular flexibility index (Phi) is 9.94. The first-order chi connectivity index (χ1) is 16.9. The van der Waals surface area contributed by atoms with Crippen molar-refractivity contribution < 1.29 is 0 Å². The molecule has 1 aliphatic rings. The summed E-state index contributed by atoms with van der Waals surface area (Å²) in [5.41, 5.74) is 9.46. The van der Waals surface area contributed by atoms with Crippen LogP contribution in [0.4, 0.5) is 0 Å². The standard InChI is InChI=1S/C32H45N3/c1-8-27-14-15-29(21-30(27)22-34(7)31(9-2)16-13-26(5)33-6)28-17-19-35(20-18-28)23-32-24(3)11-10-12-25(32)4/h8-12,14-15,21,28,31,33H,1-2,5,13,16-20,22-23H2,3-4,6-7H3. The number of allylic oxidation sites excluding steroid dienone is 1. The van der Waals surface area contributed by atoms with Gasteiger partial charge in [0.1, 0.15) is 0 Å². The first-order valence-electron chi connectivity index (χ1n) is 13.1. The van der Waals surface area contributed by atoms with Crippen molar-refractivity contribution in [2.24, 2.45) is 0 Å². The summed E-state index contributed by atoms with van der Waals surface area (Å²) in [4.78, 5) is 5.03. The second-order valence-corrected chi connectivity index (χ2v) is 10.2. The van der Waals surface area contributed by atoms with Gasteiger partial charge in [-0.1, -0.05) is 61.7 Å². The Morgan fingerprint density at radius 3 is 2.43 bits per heavy atom. The van der Waals surface area contributed by atoms with Crippen LogP contribution >= 0.6 is 0 Å². The maximum absolute atomic E-state index is 4.09. The van der Waals surface area contributed by atoms with Crippen molar-refractivity contribution in [3.63, 3.8) is 0 Å². The first-order valence-corrected chi connectivity index (χ1v) is 13.1. The molecule has 2 aromatic carbocycles. The van der Waals surface area contributed by atoms with Crippen LogP contribution in [0.25, 0.3) is 6.08 Å². The number of aryl methyl sites for hydroxylation is 2. The molecule has 188 valence electrons. The Morgan fingerprint density at radius 2 is 1.83 bits per heavy atom. The fraction of sp³-hybridized carbons (Fsp3) is 0.438. The zero-order chi connectivity index (χ0) is 25.4. The molecule has 35 heavy (non-hydrogen) atoms. The Balaban J connectivity index is 1.64. The monoisotopic (exact) mass is 471 g/mol. The van der Waals surface area contributed by atoms with Gasteiger partial charge >= 0.3 is 0 Å². The second-order valence-electron chi connectivity index (χ2n) is 10.2. The van der Waals surface area contributed by atoms with Gasteiger partial charge in [0.05, 0.1) is 0 Å². The second kappa shape index (κ2) is 12.9. The molecular formula is C32H45N3. The lowest BCUT2D eigenvalue weighted by atomic mass is 9.87. The van der Waals surface area contributed by atoms with E-state index in [1.165, 1.54) is 46.2 Å². The van der Waals surface area contributed by atoms with Gasteiger partial charge in [0, 0.05) is 31.9 Å². The molecule has 1 aliphatic heterocycles. The molecule has 0 bridgehead atoms. The highest BCUT2D eigenvalue weighted by Gasteiger charge is 2.22. The SMILES string of the molecule is C=Cc1ccc(C2CCN(Cc3c(C)cccc3C)CC2)cc1CN(C)C(C=C)CCC(=C)NC. The summed E-state index contributed by atoms with van der Waals surface area (Å²) < 4.78 is 0. The summed E-state index contributed by atoms with van der Waals surface area (Å²) in [6.07, 6.45) is 8.45. The number of piperidine rings is 1. The summed E-state index contributed by atoms with van der Waals surface area (Å²) in [6.45, 7) is 21.0. The Bertz CT molecular complexity index is 993. The number of likely N-dealkylation sites (tertiary alicyclic amines) is 1. The third-order valence-electron chi connectivity index (χ3n) is 7.83. The van der Waals surface area contributed by atoms with Gasteiger partial charge < -0.3 is 5.32 Å². The molecule has 1 atom stereocenters. The summed E-state index contributed by atoms with van der Waals surface area (Å²) in [7, 11) is 4.13.